The Labute approximate surface area is 245 Å². The maximum Gasteiger partial charge on any atom is 0.224 e. The van der Waals surface area contributed by atoms with Crippen LogP contribution in [0.15, 0.2) is 0 Å². The summed E-state index contributed by atoms with van der Waals surface area (Å²) in [5, 5.41) is -0.154. The van der Waals surface area contributed by atoms with Gasteiger partial charge in [0.2, 0.25) is 10.5 Å². The summed E-state index contributed by atoms with van der Waals surface area (Å²) in [5.74, 6) is 3.04. The lowest BCUT2D eigenvalue weighted by molar-refractivity contribution is -0.116. The number of hydrogen-bond acceptors (Lipinski definition) is 2. The minimum atomic E-state index is -0.0768. The zero-order chi connectivity index (χ0) is 27.0. The summed E-state index contributed by atoms with van der Waals surface area (Å²) >= 11 is 12.3. The normalized spacial score (nSPS) is 34.7. The number of carbonyl (C=O) groups excluding carboxylic acids is 2. The average Bonchev–Trinajstić information content (AvgIpc) is 3.00. The summed E-state index contributed by atoms with van der Waals surface area (Å²) in [6, 6.07) is 0. The van der Waals surface area contributed by atoms with Crippen molar-refractivity contribution in [3.05, 3.63) is 0 Å². The second-order valence-corrected chi connectivity index (χ2v) is 14.2. The van der Waals surface area contributed by atoms with Crippen LogP contribution in [0.5, 0.6) is 0 Å². The molecule has 4 heteroatoms. The molecule has 3 aliphatic rings. The third-order valence-electron chi connectivity index (χ3n) is 10.7. The summed E-state index contributed by atoms with van der Waals surface area (Å²) in [6.07, 6.45) is 32.8. The van der Waals surface area contributed by atoms with Gasteiger partial charge >= 0.3 is 0 Å². The van der Waals surface area contributed by atoms with Gasteiger partial charge in [0.1, 0.15) is 0 Å². The molecule has 0 aromatic rings. The lowest BCUT2D eigenvalue weighted by atomic mass is 9.72. The average molecular weight is 570 g/mol. The molecule has 0 aromatic heterocycles. The Morgan fingerprint density at radius 1 is 0.342 bits per heavy atom. The zero-order valence-electron chi connectivity index (χ0n) is 24.4. The molecule has 3 aliphatic carbocycles. The molecule has 3 saturated carbocycles. The molecule has 0 radical (unpaired) electrons. The quantitative estimate of drug-likeness (QED) is 0.316. The largest absolute Gasteiger partial charge is 0.281 e. The number of hydrogen-bond donors (Lipinski definition) is 0. The maximum absolute atomic E-state index is 12.3. The maximum atomic E-state index is 12.3. The highest BCUT2D eigenvalue weighted by Crippen LogP contribution is 2.40. The Balaban J connectivity index is 1.59. The third-order valence-corrected chi connectivity index (χ3v) is 11.3. The molecule has 0 N–H and O–H groups in total. The SMILES string of the molecule is O=C(Cl)C1CCCCCCCCC(C2CCCCC(C3CCCCCCCCC(C(=O)Cl)C3)CCCC2)C1. The van der Waals surface area contributed by atoms with Gasteiger partial charge < -0.3 is 0 Å². The summed E-state index contributed by atoms with van der Waals surface area (Å²) in [5.41, 5.74) is 0. The fourth-order valence-corrected chi connectivity index (χ4v) is 8.73. The van der Waals surface area contributed by atoms with Gasteiger partial charge in [0.15, 0.2) is 0 Å². The first-order chi connectivity index (χ1) is 18.5. The van der Waals surface area contributed by atoms with Crippen molar-refractivity contribution < 1.29 is 9.59 Å². The van der Waals surface area contributed by atoms with E-state index in [1.54, 1.807) is 0 Å². The highest BCUT2D eigenvalue weighted by Gasteiger charge is 2.30. The van der Waals surface area contributed by atoms with E-state index in [1.165, 1.54) is 141 Å². The van der Waals surface area contributed by atoms with E-state index < -0.39 is 0 Å². The molecule has 0 aromatic carbocycles. The molecule has 0 aliphatic heterocycles. The molecule has 38 heavy (non-hydrogen) atoms. The van der Waals surface area contributed by atoms with Crippen molar-refractivity contribution in [2.75, 3.05) is 0 Å². The Hall–Kier alpha value is -0.0800. The third kappa shape index (κ3) is 12.2. The van der Waals surface area contributed by atoms with Crippen molar-refractivity contribution in [1.29, 1.82) is 0 Å². The predicted octanol–water partition coefficient (Wildman–Crippen LogP) is 11.4. The standard InChI is InChI=1S/C34H58Cl2O2/c35-33(37)31-23-11-7-3-1-5-9-21-29(25-31)27-17-13-15-19-28(20-16-14-18-27)30-22-10-6-2-4-8-12-24-32(26-30)34(36)38/h27-32H,1-26H2. The molecule has 0 spiro atoms. The van der Waals surface area contributed by atoms with E-state index in [0.29, 0.717) is 11.8 Å². The van der Waals surface area contributed by atoms with Crippen LogP contribution in [0.4, 0.5) is 0 Å². The van der Waals surface area contributed by atoms with Crippen LogP contribution >= 0.6 is 23.2 Å². The molecule has 0 bridgehead atoms. The van der Waals surface area contributed by atoms with Crippen LogP contribution in [0, 0.1) is 35.5 Å². The molecule has 3 fully saturated rings. The highest BCUT2D eigenvalue weighted by atomic mass is 35.5. The van der Waals surface area contributed by atoms with Crippen LogP contribution in [0.3, 0.4) is 0 Å². The van der Waals surface area contributed by atoms with E-state index in [9.17, 15) is 9.59 Å². The van der Waals surface area contributed by atoms with Gasteiger partial charge in [-0.05, 0) is 72.6 Å². The molecular weight excluding hydrogens is 511 g/mol. The smallest absolute Gasteiger partial charge is 0.224 e. The summed E-state index contributed by atoms with van der Waals surface area (Å²) in [6.45, 7) is 0. The van der Waals surface area contributed by atoms with E-state index in [1.807, 2.05) is 0 Å². The van der Waals surface area contributed by atoms with Crippen LogP contribution < -0.4 is 0 Å². The van der Waals surface area contributed by atoms with Gasteiger partial charge in [0.05, 0.1) is 0 Å². The topological polar surface area (TPSA) is 34.1 Å². The van der Waals surface area contributed by atoms with Crippen LogP contribution in [-0.2, 0) is 9.59 Å². The molecular formula is C34H58Cl2O2. The lowest BCUT2D eigenvalue weighted by Gasteiger charge is -2.33. The van der Waals surface area contributed by atoms with Gasteiger partial charge in [-0.2, -0.15) is 0 Å². The molecule has 220 valence electrons. The predicted molar refractivity (Wildman–Crippen MR) is 163 cm³/mol. The van der Waals surface area contributed by atoms with Crippen LogP contribution in [-0.4, -0.2) is 10.5 Å². The summed E-state index contributed by atoms with van der Waals surface area (Å²) in [7, 11) is 0. The van der Waals surface area contributed by atoms with Gasteiger partial charge in [-0.25, -0.2) is 0 Å². The monoisotopic (exact) mass is 568 g/mol. The van der Waals surface area contributed by atoms with Crippen LogP contribution in [0.25, 0.3) is 0 Å². The molecule has 2 nitrogen and oxygen atoms in total. The lowest BCUT2D eigenvalue weighted by Crippen LogP contribution is -2.24. The van der Waals surface area contributed by atoms with Crippen molar-refractivity contribution in [1.82, 2.24) is 0 Å². The highest BCUT2D eigenvalue weighted by molar-refractivity contribution is 6.64. The molecule has 4 unspecified atom stereocenters. The minimum absolute atomic E-state index is 0.0768. The summed E-state index contributed by atoms with van der Waals surface area (Å²) in [4.78, 5) is 24.6. The number of rotatable bonds is 4. The first kappa shape index (κ1) is 32.4. The van der Waals surface area contributed by atoms with Crippen molar-refractivity contribution in [3.63, 3.8) is 0 Å². The van der Waals surface area contributed by atoms with Crippen molar-refractivity contribution in [2.24, 2.45) is 35.5 Å². The second-order valence-electron chi connectivity index (χ2n) is 13.5. The Kier molecular flexibility index (Phi) is 16.3. The first-order valence-electron chi connectivity index (χ1n) is 16.9. The Morgan fingerprint density at radius 2 is 0.579 bits per heavy atom. The molecule has 4 atom stereocenters. The van der Waals surface area contributed by atoms with E-state index in [4.69, 9.17) is 23.2 Å². The van der Waals surface area contributed by atoms with E-state index in [0.717, 1.165) is 37.5 Å². The number of halogens is 2. The van der Waals surface area contributed by atoms with Crippen LogP contribution in [0.2, 0.25) is 0 Å². The zero-order valence-corrected chi connectivity index (χ0v) is 25.9. The van der Waals surface area contributed by atoms with E-state index in [-0.39, 0.29) is 22.3 Å². The van der Waals surface area contributed by atoms with E-state index in [2.05, 4.69) is 0 Å². The van der Waals surface area contributed by atoms with Gasteiger partial charge in [-0.1, -0.05) is 141 Å². The molecule has 3 rings (SSSR count). The molecule has 0 amide bonds. The van der Waals surface area contributed by atoms with Gasteiger partial charge in [0, 0.05) is 11.8 Å². The van der Waals surface area contributed by atoms with Crippen molar-refractivity contribution >= 4 is 33.7 Å². The van der Waals surface area contributed by atoms with Crippen molar-refractivity contribution in [2.45, 2.75) is 167 Å². The second kappa shape index (κ2) is 19.1. The van der Waals surface area contributed by atoms with E-state index >= 15 is 0 Å². The van der Waals surface area contributed by atoms with Gasteiger partial charge in [-0.15, -0.1) is 0 Å². The van der Waals surface area contributed by atoms with Gasteiger partial charge in [0.25, 0.3) is 0 Å². The summed E-state index contributed by atoms with van der Waals surface area (Å²) < 4.78 is 0. The first-order valence-corrected chi connectivity index (χ1v) is 17.7. The van der Waals surface area contributed by atoms with Gasteiger partial charge in [-0.3, -0.25) is 9.59 Å². The van der Waals surface area contributed by atoms with Crippen molar-refractivity contribution in [3.8, 4) is 0 Å². The van der Waals surface area contributed by atoms with Crippen LogP contribution in [0.1, 0.15) is 167 Å². The minimum Gasteiger partial charge on any atom is -0.281 e. The molecule has 0 heterocycles. The number of carbonyl (C=O) groups is 2. The fourth-order valence-electron chi connectivity index (χ4n) is 8.34. The Bertz CT molecular complexity index is 597. The molecule has 0 saturated heterocycles. The Morgan fingerprint density at radius 3 is 0.895 bits per heavy atom. The fraction of sp³-hybridized carbons (Fsp3) is 0.941.